The summed E-state index contributed by atoms with van der Waals surface area (Å²) in [6.45, 7) is 3.48. The predicted octanol–water partition coefficient (Wildman–Crippen LogP) is 3.04. The van der Waals surface area contributed by atoms with Gasteiger partial charge in [-0.05, 0) is 37.5 Å². The van der Waals surface area contributed by atoms with Crippen LogP contribution in [-0.4, -0.2) is 19.4 Å². The highest BCUT2D eigenvalue weighted by atomic mass is 32.2. The van der Waals surface area contributed by atoms with Crippen LogP contribution in [0.2, 0.25) is 0 Å². The van der Waals surface area contributed by atoms with E-state index in [2.05, 4.69) is 0 Å². The van der Waals surface area contributed by atoms with Crippen molar-refractivity contribution in [2.24, 2.45) is 0 Å². The SMILES string of the molecule is Cc1ccc([N+](=O)[O-])cc1S(=O)(=O)N1c2ccccc2C[C@@H]1C. The third-order valence-corrected chi connectivity index (χ3v) is 6.13. The average Bonchev–Trinajstić information content (AvgIpc) is 2.83. The summed E-state index contributed by atoms with van der Waals surface area (Å²) < 4.78 is 27.6. The molecule has 3 rings (SSSR count). The Hall–Kier alpha value is -2.41. The summed E-state index contributed by atoms with van der Waals surface area (Å²) in [6, 6.07) is 11.0. The number of nitro groups is 1. The highest BCUT2D eigenvalue weighted by Gasteiger charge is 2.37. The molecule has 0 fully saturated rings. The van der Waals surface area contributed by atoms with Gasteiger partial charge in [0.15, 0.2) is 0 Å². The standard InChI is InChI=1S/C16H16N2O4S/c1-11-7-8-14(18(19)20)10-16(11)23(21,22)17-12(2)9-13-5-3-4-6-15(13)17/h3-8,10,12H,9H2,1-2H3/t12-/m0/s1. The average molecular weight is 332 g/mol. The van der Waals surface area contributed by atoms with Gasteiger partial charge in [0.2, 0.25) is 0 Å². The first kappa shape index (κ1) is 15.5. The van der Waals surface area contributed by atoms with E-state index in [1.807, 2.05) is 19.1 Å². The first-order valence-electron chi connectivity index (χ1n) is 7.20. The van der Waals surface area contributed by atoms with E-state index < -0.39 is 14.9 Å². The minimum absolute atomic E-state index is 0.0183. The first-order valence-corrected chi connectivity index (χ1v) is 8.64. The first-order chi connectivity index (χ1) is 10.8. The Labute approximate surface area is 134 Å². The van der Waals surface area contributed by atoms with E-state index >= 15 is 0 Å². The fourth-order valence-corrected chi connectivity index (χ4v) is 4.93. The molecule has 1 atom stereocenters. The molecule has 0 bridgehead atoms. The zero-order valence-electron chi connectivity index (χ0n) is 12.8. The van der Waals surface area contributed by atoms with Gasteiger partial charge in [0.1, 0.15) is 0 Å². The third kappa shape index (κ3) is 2.46. The maximum Gasteiger partial charge on any atom is 0.270 e. The zero-order chi connectivity index (χ0) is 16.8. The second-order valence-corrected chi connectivity index (χ2v) is 7.47. The van der Waals surface area contributed by atoms with Crippen LogP contribution >= 0.6 is 0 Å². The van der Waals surface area contributed by atoms with E-state index in [4.69, 9.17) is 0 Å². The summed E-state index contributed by atoms with van der Waals surface area (Å²) in [5.74, 6) is 0. The molecule has 23 heavy (non-hydrogen) atoms. The van der Waals surface area contributed by atoms with Crippen LogP contribution in [0.4, 0.5) is 11.4 Å². The number of sulfonamides is 1. The van der Waals surface area contributed by atoms with Gasteiger partial charge in [-0.2, -0.15) is 0 Å². The topological polar surface area (TPSA) is 80.5 Å². The largest absolute Gasteiger partial charge is 0.270 e. The Balaban J connectivity index is 2.17. The molecule has 1 heterocycles. The van der Waals surface area contributed by atoms with Crippen LogP contribution in [0.25, 0.3) is 0 Å². The quantitative estimate of drug-likeness (QED) is 0.639. The molecule has 120 valence electrons. The predicted molar refractivity (Wildman–Crippen MR) is 87.1 cm³/mol. The molecule has 1 aliphatic heterocycles. The van der Waals surface area contributed by atoms with Crippen molar-refractivity contribution in [3.05, 3.63) is 63.7 Å². The summed E-state index contributed by atoms with van der Waals surface area (Å²) in [4.78, 5) is 10.4. The minimum atomic E-state index is -3.86. The summed E-state index contributed by atoms with van der Waals surface area (Å²) in [6.07, 6.45) is 0.628. The number of hydrogen-bond donors (Lipinski definition) is 0. The minimum Gasteiger partial charge on any atom is -0.263 e. The second kappa shape index (κ2) is 5.34. The molecule has 0 saturated carbocycles. The van der Waals surface area contributed by atoms with Crippen molar-refractivity contribution < 1.29 is 13.3 Å². The van der Waals surface area contributed by atoms with Gasteiger partial charge < -0.3 is 0 Å². The van der Waals surface area contributed by atoms with E-state index in [1.54, 1.807) is 19.1 Å². The number of hydrogen-bond acceptors (Lipinski definition) is 4. The molecule has 2 aromatic carbocycles. The van der Waals surface area contributed by atoms with Crippen molar-refractivity contribution >= 4 is 21.4 Å². The van der Waals surface area contributed by atoms with Crippen LogP contribution < -0.4 is 4.31 Å². The molecule has 0 radical (unpaired) electrons. The Morgan fingerprint density at radius 2 is 1.91 bits per heavy atom. The second-order valence-electron chi connectivity index (χ2n) is 5.69. The molecule has 1 aliphatic rings. The van der Waals surface area contributed by atoms with Gasteiger partial charge in [0.05, 0.1) is 15.5 Å². The fraction of sp³-hybridized carbons (Fsp3) is 0.250. The van der Waals surface area contributed by atoms with Crippen LogP contribution in [0.5, 0.6) is 0 Å². The Bertz CT molecular complexity index is 893. The molecule has 7 heteroatoms. The van der Waals surface area contributed by atoms with Crippen molar-refractivity contribution in [1.82, 2.24) is 0 Å². The molecule has 0 unspecified atom stereocenters. The molecule has 6 nitrogen and oxygen atoms in total. The van der Waals surface area contributed by atoms with Crippen molar-refractivity contribution in [3.8, 4) is 0 Å². The zero-order valence-corrected chi connectivity index (χ0v) is 13.6. The monoisotopic (exact) mass is 332 g/mol. The maximum absolute atomic E-state index is 13.1. The van der Waals surface area contributed by atoms with Gasteiger partial charge >= 0.3 is 0 Å². The van der Waals surface area contributed by atoms with Crippen molar-refractivity contribution in [3.63, 3.8) is 0 Å². The normalized spacial score (nSPS) is 17.1. The molecule has 0 saturated heterocycles. The van der Waals surface area contributed by atoms with Crippen LogP contribution in [0.15, 0.2) is 47.4 Å². The van der Waals surface area contributed by atoms with E-state index in [9.17, 15) is 18.5 Å². The number of fused-ring (bicyclic) bond motifs is 1. The summed E-state index contributed by atoms with van der Waals surface area (Å²) in [5, 5.41) is 11.0. The molecule has 2 aromatic rings. The maximum atomic E-state index is 13.1. The molecule has 0 N–H and O–H groups in total. The Morgan fingerprint density at radius 1 is 1.22 bits per heavy atom. The molecule has 0 aliphatic carbocycles. The molecule has 0 aromatic heterocycles. The number of para-hydroxylation sites is 1. The van der Waals surface area contributed by atoms with E-state index in [1.165, 1.54) is 16.4 Å². The molecular formula is C16H16N2O4S. The lowest BCUT2D eigenvalue weighted by molar-refractivity contribution is -0.385. The lowest BCUT2D eigenvalue weighted by Gasteiger charge is -2.25. The van der Waals surface area contributed by atoms with Gasteiger partial charge in [0, 0.05) is 18.2 Å². The summed E-state index contributed by atoms with van der Waals surface area (Å²) >= 11 is 0. The number of rotatable bonds is 3. The Kier molecular flexibility index (Phi) is 3.60. The summed E-state index contributed by atoms with van der Waals surface area (Å²) in [7, 11) is -3.86. The van der Waals surface area contributed by atoms with Gasteiger partial charge in [-0.15, -0.1) is 0 Å². The molecule has 0 amide bonds. The number of anilines is 1. The number of benzene rings is 2. The molecule has 0 spiro atoms. The van der Waals surface area contributed by atoms with Crippen LogP contribution in [0, 0.1) is 17.0 Å². The van der Waals surface area contributed by atoms with Crippen molar-refractivity contribution in [1.29, 1.82) is 0 Å². The summed E-state index contributed by atoms with van der Waals surface area (Å²) in [5.41, 5.74) is 1.87. The lowest BCUT2D eigenvalue weighted by atomic mass is 10.1. The molecular weight excluding hydrogens is 316 g/mol. The van der Waals surface area contributed by atoms with Crippen LogP contribution in [0.3, 0.4) is 0 Å². The van der Waals surface area contributed by atoms with E-state index in [0.717, 1.165) is 11.6 Å². The Morgan fingerprint density at radius 3 is 2.61 bits per heavy atom. The number of aryl methyl sites for hydroxylation is 1. The fourth-order valence-electron chi connectivity index (χ4n) is 2.99. The number of nitro benzene ring substituents is 1. The van der Waals surface area contributed by atoms with Crippen molar-refractivity contribution in [2.45, 2.75) is 31.2 Å². The van der Waals surface area contributed by atoms with Gasteiger partial charge in [-0.1, -0.05) is 24.3 Å². The van der Waals surface area contributed by atoms with E-state index in [0.29, 0.717) is 17.7 Å². The van der Waals surface area contributed by atoms with Crippen LogP contribution in [-0.2, 0) is 16.4 Å². The smallest absolute Gasteiger partial charge is 0.263 e. The van der Waals surface area contributed by atoms with Gasteiger partial charge in [0.25, 0.3) is 15.7 Å². The third-order valence-electron chi connectivity index (χ3n) is 4.06. The lowest BCUT2D eigenvalue weighted by Crippen LogP contribution is -2.36. The highest BCUT2D eigenvalue weighted by molar-refractivity contribution is 7.93. The van der Waals surface area contributed by atoms with E-state index in [-0.39, 0.29) is 16.6 Å². The van der Waals surface area contributed by atoms with Crippen molar-refractivity contribution in [2.75, 3.05) is 4.31 Å². The highest BCUT2D eigenvalue weighted by Crippen LogP contribution is 2.37. The van der Waals surface area contributed by atoms with Gasteiger partial charge in [-0.25, -0.2) is 8.42 Å². The number of non-ortho nitro benzene ring substituents is 1. The van der Waals surface area contributed by atoms with Gasteiger partial charge in [-0.3, -0.25) is 14.4 Å². The van der Waals surface area contributed by atoms with Crippen LogP contribution in [0.1, 0.15) is 18.1 Å². The number of nitrogens with zero attached hydrogens (tertiary/aromatic N) is 2.